The second kappa shape index (κ2) is 10.7. The molecule has 0 spiro atoms. The van der Waals surface area contributed by atoms with Crippen LogP contribution in [0.3, 0.4) is 0 Å². The maximum atomic E-state index is 5.77. The summed E-state index contributed by atoms with van der Waals surface area (Å²) >= 11 is 1.58. The van der Waals surface area contributed by atoms with E-state index in [9.17, 15) is 0 Å². The molecule has 1 rings (SSSR count). The van der Waals surface area contributed by atoms with Crippen LogP contribution >= 0.6 is 36.6 Å². The van der Waals surface area contributed by atoms with Gasteiger partial charge in [0.2, 0.25) is 0 Å². The van der Waals surface area contributed by atoms with Crippen molar-refractivity contribution in [1.82, 2.24) is 0 Å². The lowest BCUT2D eigenvalue weighted by molar-refractivity contribution is 1.07. The molecule has 0 atom stereocenters. The number of amidine groups is 1. The zero-order chi connectivity index (χ0) is 11.1. The van der Waals surface area contributed by atoms with E-state index in [1.54, 1.807) is 11.8 Å². The fourth-order valence-electron chi connectivity index (χ4n) is 1.12. The molecule has 0 aliphatic carbocycles. The Kier molecular flexibility index (Phi) is 11.9. The molecule has 0 fully saturated rings. The SMILES string of the molecule is CCCSC(N)=Nc1cccc(CN)c1.Cl.Cl. The van der Waals surface area contributed by atoms with Gasteiger partial charge in [-0.2, -0.15) is 0 Å². The minimum Gasteiger partial charge on any atom is -0.378 e. The van der Waals surface area contributed by atoms with E-state index in [2.05, 4.69) is 11.9 Å². The van der Waals surface area contributed by atoms with Crippen molar-refractivity contribution in [1.29, 1.82) is 0 Å². The van der Waals surface area contributed by atoms with E-state index in [0.29, 0.717) is 11.7 Å². The van der Waals surface area contributed by atoms with E-state index < -0.39 is 0 Å². The van der Waals surface area contributed by atoms with Gasteiger partial charge >= 0.3 is 0 Å². The molecule has 17 heavy (non-hydrogen) atoms. The number of nitrogens with two attached hydrogens (primary N) is 2. The highest BCUT2D eigenvalue weighted by Crippen LogP contribution is 2.15. The number of halogens is 2. The number of thioether (sulfide) groups is 1. The van der Waals surface area contributed by atoms with Crippen LogP contribution in [0.4, 0.5) is 5.69 Å². The molecule has 0 saturated carbocycles. The molecule has 0 bridgehead atoms. The molecule has 0 heterocycles. The quantitative estimate of drug-likeness (QED) is 0.663. The second-order valence-electron chi connectivity index (χ2n) is 3.17. The first-order valence-electron chi connectivity index (χ1n) is 5.02. The fourth-order valence-corrected chi connectivity index (χ4v) is 1.70. The minimum absolute atomic E-state index is 0. The summed E-state index contributed by atoms with van der Waals surface area (Å²) < 4.78 is 0. The molecule has 0 aromatic heterocycles. The smallest absolute Gasteiger partial charge is 0.159 e. The van der Waals surface area contributed by atoms with Gasteiger partial charge in [0.15, 0.2) is 5.17 Å². The third kappa shape index (κ3) is 7.49. The van der Waals surface area contributed by atoms with Crippen LogP contribution in [-0.4, -0.2) is 10.9 Å². The Balaban J connectivity index is 0. The van der Waals surface area contributed by atoms with Gasteiger partial charge < -0.3 is 11.5 Å². The zero-order valence-corrected chi connectivity index (χ0v) is 12.2. The largest absolute Gasteiger partial charge is 0.378 e. The molecule has 0 aliphatic rings. The highest BCUT2D eigenvalue weighted by Gasteiger charge is 1.95. The van der Waals surface area contributed by atoms with Crippen LogP contribution < -0.4 is 11.5 Å². The zero-order valence-electron chi connectivity index (χ0n) is 9.76. The lowest BCUT2D eigenvalue weighted by Gasteiger charge is -2.01. The maximum Gasteiger partial charge on any atom is 0.159 e. The van der Waals surface area contributed by atoms with Gasteiger partial charge in [-0.3, -0.25) is 0 Å². The summed E-state index contributed by atoms with van der Waals surface area (Å²) in [7, 11) is 0. The fraction of sp³-hybridized carbons (Fsp3) is 0.364. The number of rotatable bonds is 4. The number of nitrogens with zero attached hydrogens (tertiary/aromatic N) is 1. The van der Waals surface area contributed by atoms with E-state index in [-0.39, 0.29) is 24.8 Å². The molecule has 0 radical (unpaired) electrons. The molecule has 0 aliphatic heterocycles. The molecule has 1 aromatic carbocycles. The maximum absolute atomic E-state index is 5.77. The molecule has 6 heteroatoms. The van der Waals surface area contributed by atoms with E-state index in [0.717, 1.165) is 23.4 Å². The van der Waals surface area contributed by atoms with E-state index in [1.807, 2.05) is 24.3 Å². The predicted molar refractivity (Wildman–Crippen MR) is 82.9 cm³/mol. The second-order valence-corrected chi connectivity index (χ2v) is 4.29. The topological polar surface area (TPSA) is 64.4 Å². The van der Waals surface area contributed by atoms with E-state index in [4.69, 9.17) is 11.5 Å². The first kappa shape index (κ1) is 18.9. The van der Waals surface area contributed by atoms with Crippen molar-refractivity contribution in [2.75, 3.05) is 5.75 Å². The molecule has 0 amide bonds. The van der Waals surface area contributed by atoms with Crippen LogP contribution in [-0.2, 0) is 6.54 Å². The lowest BCUT2D eigenvalue weighted by Crippen LogP contribution is -2.06. The summed E-state index contributed by atoms with van der Waals surface area (Å²) in [6.07, 6.45) is 1.10. The normalized spacial score (nSPS) is 10.4. The summed E-state index contributed by atoms with van der Waals surface area (Å²) in [5.41, 5.74) is 13.3. The van der Waals surface area contributed by atoms with Gasteiger partial charge in [0.05, 0.1) is 5.69 Å². The van der Waals surface area contributed by atoms with Gasteiger partial charge in [-0.25, -0.2) is 4.99 Å². The van der Waals surface area contributed by atoms with Crippen LogP contribution in [0.2, 0.25) is 0 Å². The van der Waals surface area contributed by atoms with Crippen LogP contribution in [0.5, 0.6) is 0 Å². The predicted octanol–water partition coefficient (Wildman–Crippen LogP) is 3.08. The average molecular weight is 296 g/mol. The highest BCUT2D eigenvalue weighted by atomic mass is 35.5. The van der Waals surface area contributed by atoms with Crippen molar-refractivity contribution in [3.8, 4) is 0 Å². The van der Waals surface area contributed by atoms with E-state index >= 15 is 0 Å². The first-order valence-corrected chi connectivity index (χ1v) is 6.00. The van der Waals surface area contributed by atoms with Crippen LogP contribution in [0.15, 0.2) is 29.3 Å². The first-order chi connectivity index (χ1) is 7.26. The highest BCUT2D eigenvalue weighted by molar-refractivity contribution is 8.13. The number of hydrogen-bond acceptors (Lipinski definition) is 3. The third-order valence-corrected chi connectivity index (χ3v) is 2.84. The molecular formula is C11H19Cl2N3S. The standard InChI is InChI=1S/C11H17N3S.2ClH/c1-2-6-15-11(13)14-10-5-3-4-9(7-10)8-12;;/h3-5,7H,2,6,8,12H2,1H3,(H2,13,14);2*1H. The average Bonchev–Trinajstić information content (AvgIpc) is 2.26. The number of aliphatic imine (C=N–C) groups is 1. The molecule has 98 valence electrons. The van der Waals surface area contributed by atoms with Crippen molar-refractivity contribution >= 4 is 47.4 Å². The summed E-state index contributed by atoms with van der Waals surface area (Å²) in [5.74, 6) is 1.01. The molecule has 4 N–H and O–H groups in total. The summed E-state index contributed by atoms with van der Waals surface area (Å²) in [5, 5.41) is 0.617. The Labute approximate surface area is 119 Å². The van der Waals surface area contributed by atoms with Gasteiger partial charge in [0.25, 0.3) is 0 Å². The summed E-state index contributed by atoms with van der Waals surface area (Å²) in [4.78, 5) is 4.31. The van der Waals surface area contributed by atoms with Gasteiger partial charge in [-0.05, 0) is 24.1 Å². The van der Waals surface area contributed by atoms with Crippen LogP contribution in [0, 0.1) is 0 Å². The van der Waals surface area contributed by atoms with Crippen molar-refractivity contribution in [3.05, 3.63) is 29.8 Å². The van der Waals surface area contributed by atoms with E-state index in [1.165, 1.54) is 0 Å². The Morgan fingerprint density at radius 1 is 1.35 bits per heavy atom. The summed E-state index contributed by atoms with van der Waals surface area (Å²) in [6, 6.07) is 7.81. The Morgan fingerprint density at radius 3 is 2.65 bits per heavy atom. The van der Waals surface area contributed by atoms with Gasteiger partial charge in [0.1, 0.15) is 0 Å². The lowest BCUT2D eigenvalue weighted by atomic mass is 10.2. The molecule has 0 saturated heterocycles. The van der Waals surface area contributed by atoms with Gasteiger partial charge in [0, 0.05) is 12.3 Å². The molecule has 3 nitrogen and oxygen atoms in total. The summed E-state index contributed by atoms with van der Waals surface area (Å²) in [6.45, 7) is 2.65. The molecule has 1 aromatic rings. The van der Waals surface area contributed by atoms with Crippen LogP contribution in [0.1, 0.15) is 18.9 Å². The van der Waals surface area contributed by atoms with Crippen molar-refractivity contribution in [3.63, 3.8) is 0 Å². The molecule has 0 unspecified atom stereocenters. The van der Waals surface area contributed by atoms with Crippen molar-refractivity contribution < 1.29 is 0 Å². The minimum atomic E-state index is 0. The number of benzene rings is 1. The Morgan fingerprint density at radius 2 is 2.06 bits per heavy atom. The van der Waals surface area contributed by atoms with Gasteiger partial charge in [-0.15, -0.1) is 24.8 Å². The van der Waals surface area contributed by atoms with Gasteiger partial charge in [-0.1, -0.05) is 30.8 Å². The Hall–Kier alpha value is -0.420. The number of hydrogen-bond donors (Lipinski definition) is 2. The van der Waals surface area contributed by atoms with Crippen molar-refractivity contribution in [2.24, 2.45) is 16.5 Å². The van der Waals surface area contributed by atoms with Crippen LogP contribution in [0.25, 0.3) is 0 Å². The Bertz CT molecular complexity index is 345. The van der Waals surface area contributed by atoms with Crippen molar-refractivity contribution in [2.45, 2.75) is 19.9 Å². The molecular weight excluding hydrogens is 277 g/mol. The monoisotopic (exact) mass is 295 g/mol. The third-order valence-electron chi connectivity index (χ3n) is 1.84.